The molecule has 0 saturated carbocycles. The number of anilines is 3. The number of thiophene rings is 2. The summed E-state index contributed by atoms with van der Waals surface area (Å²) in [6, 6.07) is 81.0. The number of aromatic nitrogens is 1. The molecule has 0 aliphatic heterocycles. The number of hydrogen-bond donors (Lipinski definition) is 0. The van der Waals surface area contributed by atoms with Gasteiger partial charge in [-0.1, -0.05) is 147 Å². The molecule has 13 aromatic rings. The molecular formula is C63H42N2S2. The van der Waals surface area contributed by atoms with E-state index in [1.807, 2.05) is 22.7 Å². The maximum absolute atomic E-state index is 2.49. The van der Waals surface area contributed by atoms with Crippen molar-refractivity contribution in [2.75, 3.05) is 4.90 Å². The zero-order valence-electron chi connectivity index (χ0n) is 37.0. The average molecular weight is 891 g/mol. The molecule has 0 unspecified atom stereocenters. The van der Waals surface area contributed by atoms with E-state index in [-0.39, 0.29) is 5.41 Å². The molecule has 1 aliphatic rings. The molecule has 67 heavy (non-hydrogen) atoms. The third-order valence-electron chi connectivity index (χ3n) is 14.4. The lowest BCUT2D eigenvalue weighted by molar-refractivity contribution is 0.660. The molecule has 0 fully saturated rings. The highest BCUT2D eigenvalue weighted by molar-refractivity contribution is 7.26. The van der Waals surface area contributed by atoms with Crippen molar-refractivity contribution in [2.45, 2.75) is 19.3 Å². The molecule has 3 aromatic heterocycles. The van der Waals surface area contributed by atoms with Gasteiger partial charge in [-0.05, 0) is 129 Å². The molecule has 10 aromatic carbocycles. The van der Waals surface area contributed by atoms with Crippen molar-refractivity contribution in [3.05, 3.63) is 230 Å². The second-order valence-electron chi connectivity index (χ2n) is 18.4. The molecule has 2 nitrogen and oxygen atoms in total. The minimum Gasteiger partial charge on any atom is -0.310 e. The van der Waals surface area contributed by atoms with Crippen LogP contribution in [0.2, 0.25) is 0 Å². The highest BCUT2D eigenvalue weighted by Crippen LogP contribution is 2.52. The van der Waals surface area contributed by atoms with Crippen LogP contribution in [0.15, 0.2) is 218 Å². The molecule has 0 spiro atoms. The molecule has 14 rings (SSSR count). The van der Waals surface area contributed by atoms with Crippen LogP contribution in [0.4, 0.5) is 17.1 Å². The fraction of sp³-hybridized carbons (Fsp3) is 0.0476. The van der Waals surface area contributed by atoms with Gasteiger partial charge in [0.25, 0.3) is 0 Å². The van der Waals surface area contributed by atoms with Gasteiger partial charge in [0.1, 0.15) is 0 Å². The molecular weight excluding hydrogens is 849 g/mol. The first-order valence-corrected chi connectivity index (χ1v) is 24.7. The fourth-order valence-corrected chi connectivity index (χ4v) is 13.4. The normalized spacial score (nSPS) is 13.0. The minimum atomic E-state index is -0.102. The Morgan fingerprint density at radius 1 is 0.358 bits per heavy atom. The number of rotatable bonds is 6. The molecule has 0 saturated heterocycles. The summed E-state index contributed by atoms with van der Waals surface area (Å²) in [4.78, 5) is 2.41. The predicted molar refractivity (Wildman–Crippen MR) is 290 cm³/mol. The molecule has 1 aliphatic carbocycles. The summed E-state index contributed by atoms with van der Waals surface area (Å²) in [7, 11) is 0. The summed E-state index contributed by atoms with van der Waals surface area (Å²) in [5.74, 6) is 0. The van der Waals surface area contributed by atoms with Crippen molar-refractivity contribution in [3.8, 4) is 39.1 Å². The van der Waals surface area contributed by atoms with Gasteiger partial charge in [0.15, 0.2) is 0 Å². The van der Waals surface area contributed by atoms with Crippen LogP contribution < -0.4 is 4.90 Å². The zero-order valence-corrected chi connectivity index (χ0v) is 38.6. The van der Waals surface area contributed by atoms with Gasteiger partial charge in [-0.25, -0.2) is 0 Å². The zero-order chi connectivity index (χ0) is 44.4. The predicted octanol–water partition coefficient (Wildman–Crippen LogP) is 18.6. The van der Waals surface area contributed by atoms with Gasteiger partial charge in [0.2, 0.25) is 0 Å². The van der Waals surface area contributed by atoms with E-state index in [4.69, 9.17) is 0 Å². The van der Waals surface area contributed by atoms with Crippen molar-refractivity contribution in [3.63, 3.8) is 0 Å². The van der Waals surface area contributed by atoms with Crippen molar-refractivity contribution in [1.82, 2.24) is 4.57 Å². The second-order valence-corrected chi connectivity index (χ2v) is 20.6. The average Bonchev–Trinajstić information content (AvgIpc) is 4.11. The van der Waals surface area contributed by atoms with Crippen molar-refractivity contribution in [2.24, 2.45) is 0 Å². The number of nitrogens with zero attached hydrogens (tertiary/aromatic N) is 2. The molecule has 0 bridgehead atoms. The van der Waals surface area contributed by atoms with Gasteiger partial charge >= 0.3 is 0 Å². The lowest BCUT2D eigenvalue weighted by Crippen LogP contribution is -2.16. The van der Waals surface area contributed by atoms with Crippen LogP contribution in [0.3, 0.4) is 0 Å². The van der Waals surface area contributed by atoms with E-state index in [9.17, 15) is 0 Å². The topological polar surface area (TPSA) is 8.17 Å². The van der Waals surface area contributed by atoms with E-state index in [1.165, 1.54) is 107 Å². The van der Waals surface area contributed by atoms with Crippen LogP contribution in [-0.4, -0.2) is 4.57 Å². The molecule has 0 amide bonds. The lowest BCUT2D eigenvalue weighted by atomic mass is 9.82. The molecule has 0 N–H and O–H groups in total. The Hall–Kier alpha value is -7.76. The van der Waals surface area contributed by atoms with Crippen molar-refractivity contribution in [1.29, 1.82) is 0 Å². The summed E-state index contributed by atoms with van der Waals surface area (Å²) in [5.41, 5.74) is 17.1. The lowest BCUT2D eigenvalue weighted by Gasteiger charge is -2.28. The Morgan fingerprint density at radius 2 is 0.821 bits per heavy atom. The van der Waals surface area contributed by atoms with Gasteiger partial charge in [-0.15, -0.1) is 22.7 Å². The Kier molecular flexibility index (Phi) is 8.40. The standard InChI is InChI=1S/C63H42N2S2/c1-63(2)51-17-9-6-14-47(51)48-33-32-46(38-52(48)63)64(43-26-20-40(21-27-43)39-12-4-3-5-13-39)44-28-22-41(23-29-44)42-24-30-45(31-25-42)65-53-34-36-57-59(49-15-7-10-18-55(49)66-57)61(53)62-54(65)35-37-58-60(62)50-16-8-11-19-56(50)67-58/h3-38H,1-2H3. The first-order chi connectivity index (χ1) is 33.0. The largest absolute Gasteiger partial charge is 0.310 e. The number of fused-ring (bicyclic) bond motifs is 14. The summed E-state index contributed by atoms with van der Waals surface area (Å²) in [5, 5.41) is 8.06. The quantitative estimate of drug-likeness (QED) is 0.161. The molecule has 4 heteroatoms. The van der Waals surface area contributed by atoms with Gasteiger partial charge in [-0.2, -0.15) is 0 Å². The summed E-state index contributed by atoms with van der Waals surface area (Å²) < 4.78 is 7.81. The first-order valence-electron chi connectivity index (χ1n) is 23.1. The number of hydrogen-bond acceptors (Lipinski definition) is 3. The van der Waals surface area contributed by atoms with Crippen LogP contribution in [-0.2, 0) is 5.41 Å². The van der Waals surface area contributed by atoms with E-state index in [1.54, 1.807) is 0 Å². The second kappa shape index (κ2) is 14.6. The van der Waals surface area contributed by atoms with Crippen LogP contribution in [0.5, 0.6) is 0 Å². The van der Waals surface area contributed by atoms with E-state index in [0.29, 0.717) is 0 Å². The SMILES string of the molecule is CC1(C)c2ccccc2-c2ccc(N(c3ccc(-c4ccccc4)cc3)c3ccc(-c4ccc(-n5c6ccc7sc8ccccc8c7c6c6c7c(ccc65)sc5ccccc57)cc4)cc3)cc21. The maximum Gasteiger partial charge on any atom is 0.0548 e. The third kappa shape index (κ3) is 5.80. The Balaban J connectivity index is 0.875. The highest BCUT2D eigenvalue weighted by atomic mass is 32.1. The molecule has 3 heterocycles. The van der Waals surface area contributed by atoms with Crippen LogP contribution in [0.1, 0.15) is 25.0 Å². The Labute approximate surface area is 396 Å². The van der Waals surface area contributed by atoms with Gasteiger partial charge in [0.05, 0.1) is 11.0 Å². The summed E-state index contributed by atoms with van der Waals surface area (Å²) in [6.45, 7) is 4.71. The third-order valence-corrected chi connectivity index (χ3v) is 16.7. The van der Waals surface area contributed by atoms with Gasteiger partial charge in [-0.3, -0.25) is 0 Å². The monoisotopic (exact) mass is 890 g/mol. The highest BCUT2D eigenvalue weighted by Gasteiger charge is 2.36. The van der Waals surface area contributed by atoms with E-state index in [0.717, 1.165) is 22.7 Å². The van der Waals surface area contributed by atoms with E-state index in [2.05, 4.69) is 242 Å². The molecule has 0 atom stereocenters. The summed E-state index contributed by atoms with van der Waals surface area (Å²) >= 11 is 3.79. The van der Waals surface area contributed by atoms with Crippen LogP contribution >= 0.6 is 22.7 Å². The minimum absolute atomic E-state index is 0.102. The fourth-order valence-electron chi connectivity index (χ4n) is 11.2. The number of benzene rings is 10. The smallest absolute Gasteiger partial charge is 0.0548 e. The van der Waals surface area contributed by atoms with Crippen LogP contribution in [0, 0.1) is 0 Å². The summed E-state index contributed by atoms with van der Waals surface area (Å²) in [6.07, 6.45) is 0. The van der Waals surface area contributed by atoms with Crippen molar-refractivity contribution >= 4 is 102 Å². The Bertz CT molecular complexity index is 3970. The van der Waals surface area contributed by atoms with E-state index < -0.39 is 0 Å². The van der Waals surface area contributed by atoms with Crippen LogP contribution in [0.25, 0.3) is 101 Å². The molecule has 0 radical (unpaired) electrons. The Morgan fingerprint density at radius 3 is 1.40 bits per heavy atom. The van der Waals surface area contributed by atoms with E-state index >= 15 is 0 Å². The molecule has 316 valence electrons. The van der Waals surface area contributed by atoms with Gasteiger partial charge < -0.3 is 9.47 Å². The van der Waals surface area contributed by atoms with Gasteiger partial charge in [0, 0.05) is 79.3 Å². The first kappa shape index (κ1) is 38.5. The van der Waals surface area contributed by atoms with Crippen molar-refractivity contribution < 1.29 is 0 Å². The maximum atomic E-state index is 2.49.